The van der Waals surface area contributed by atoms with Gasteiger partial charge in [-0.2, -0.15) is 5.10 Å². The van der Waals surface area contributed by atoms with Gasteiger partial charge in [-0.25, -0.2) is 9.48 Å². The van der Waals surface area contributed by atoms with Gasteiger partial charge in [0.25, 0.3) is 11.2 Å². The van der Waals surface area contributed by atoms with E-state index in [2.05, 4.69) is 5.10 Å². The number of carboxylic acids is 1. The third-order valence-corrected chi connectivity index (χ3v) is 3.30. The lowest BCUT2D eigenvalue weighted by molar-refractivity contribution is -0.384. The molecule has 23 heavy (non-hydrogen) atoms. The largest absolute Gasteiger partial charge is 0.477 e. The molecule has 0 saturated heterocycles. The molecule has 0 bridgehead atoms. The summed E-state index contributed by atoms with van der Waals surface area (Å²) in [4.78, 5) is 33.5. The molecule has 0 unspecified atom stereocenters. The van der Waals surface area contributed by atoms with Crippen LogP contribution in [0.15, 0.2) is 35.1 Å². The molecular weight excluding hydrogens is 302 g/mol. The second kappa shape index (κ2) is 6.82. The van der Waals surface area contributed by atoms with Crippen LogP contribution in [0, 0.1) is 10.1 Å². The van der Waals surface area contributed by atoms with Crippen LogP contribution in [-0.2, 0) is 6.54 Å². The first kappa shape index (κ1) is 16.3. The molecule has 0 atom stereocenters. The van der Waals surface area contributed by atoms with Gasteiger partial charge in [-0.3, -0.25) is 14.9 Å². The average Bonchev–Trinajstić information content (AvgIpc) is 2.53. The Labute approximate surface area is 131 Å². The van der Waals surface area contributed by atoms with Crippen molar-refractivity contribution in [1.29, 1.82) is 0 Å². The Kier molecular flexibility index (Phi) is 4.85. The van der Waals surface area contributed by atoms with Gasteiger partial charge in [-0.15, -0.1) is 0 Å². The summed E-state index contributed by atoms with van der Waals surface area (Å²) < 4.78 is 1.13. The van der Waals surface area contributed by atoms with Crippen molar-refractivity contribution in [3.05, 3.63) is 56.4 Å². The van der Waals surface area contributed by atoms with E-state index in [1.54, 1.807) is 0 Å². The van der Waals surface area contributed by atoms with Crippen LogP contribution in [0.2, 0.25) is 0 Å². The maximum Gasteiger partial charge on any atom is 0.341 e. The van der Waals surface area contributed by atoms with Gasteiger partial charge in [-0.05, 0) is 24.6 Å². The van der Waals surface area contributed by atoms with Crippen molar-refractivity contribution in [2.45, 2.75) is 26.3 Å². The predicted molar refractivity (Wildman–Crippen MR) is 82.5 cm³/mol. The average molecular weight is 317 g/mol. The molecule has 1 aromatic heterocycles. The van der Waals surface area contributed by atoms with E-state index < -0.39 is 16.5 Å². The van der Waals surface area contributed by atoms with Crippen LogP contribution in [0.1, 0.15) is 30.1 Å². The molecule has 0 aliphatic rings. The molecule has 8 heteroatoms. The van der Waals surface area contributed by atoms with Crippen LogP contribution in [0.4, 0.5) is 5.69 Å². The highest BCUT2D eigenvalue weighted by atomic mass is 16.6. The predicted octanol–water partition coefficient (Wildman–Crippen LogP) is 2.32. The van der Waals surface area contributed by atoms with Crippen LogP contribution in [0.5, 0.6) is 0 Å². The molecule has 1 heterocycles. The Bertz CT molecular complexity index is 796. The molecule has 8 nitrogen and oxygen atoms in total. The van der Waals surface area contributed by atoms with E-state index in [1.165, 1.54) is 30.3 Å². The van der Waals surface area contributed by atoms with Gasteiger partial charge in [-0.1, -0.05) is 13.3 Å². The van der Waals surface area contributed by atoms with Crippen molar-refractivity contribution in [3.63, 3.8) is 0 Å². The lowest BCUT2D eigenvalue weighted by Crippen LogP contribution is -2.29. The maximum atomic E-state index is 12.1. The molecule has 0 aliphatic heterocycles. The minimum absolute atomic E-state index is 0.0773. The van der Waals surface area contributed by atoms with E-state index in [0.29, 0.717) is 18.5 Å². The van der Waals surface area contributed by atoms with Crippen LogP contribution < -0.4 is 5.56 Å². The lowest BCUT2D eigenvalue weighted by Gasteiger charge is -2.08. The van der Waals surface area contributed by atoms with E-state index in [1.807, 2.05) is 6.92 Å². The second-order valence-corrected chi connectivity index (χ2v) is 4.93. The SMILES string of the molecule is CCCCn1nc(-c2ccc([N+](=O)[O-])cc2)cc(C(=O)O)c1=O. The number of unbranched alkanes of at least 4 members (excludes halogenated alkanes) is 1. The molecule has 1 N–H and O–H groups in total. The topological polar surface area (TPSA) is 115 Å². The standard InChI is InChI=1S/C15H15N3O5/c1-2-3-8-17-14(19)12(15(20)21)9-13(16-17)10-4-6-11(7-5-10)18(22)23/h4-7,9H,2-3,8H2,1H3,(H,20,21). The lowest BCUT2D eigenvalue weighted by atomic mass is 10.1. The number of nitrogens with zero attached hydrogens (tertiary/aromatic N) is 3. The number of aromatic carboxylic acids is 1. The monoisotopic (exact) mass is 317 g/mol. The third kappa shape index (κ3) is 3.60. The Balaban J connectivity index is 2.52. The summed E-state index contributed by atoms with van der Waals surface area (Å²) in [6.45, 7) is 2.26. The number of nitro benzene ring substituents is 1. The quantitative estimate of drug-likeness (QED) is 0.645. The Morgan fingerprint density at radius 2 is 2.00 bits per heavy atom. The number of aromatic nitrogens is 2. The van der Waals surface area contributed by atoms with Crippen molar-refractivity contribution in [2.75, 3.05) is 0 Å². The maximum absolute atomic E-state index is 12.1. The first-order valence-electron chi connectivity index (χ1n) is 7.04. The smallest absolute Gasteiger partial charge is 0.341 e. The van der Waals surface area contributed by atoms with Gasteiger partial charge in [0, 0.05) is 24.2 Å². The highest BCUT2D eigenvalue weighted by Crippen LogP contribution is 2.20. The zero-order valence-corrected chi connectivity index (χ0v) is 12.4. The molecule has 120 valence electrons. The summed E-state index contributed by atoms with van der Waals surface area (Å²) in [6, 6.07) is 6.74. The summed E-state index contributed by atoms with van der Waals surface area (Å²) in [5.74, 6) is -1.33. The van der Waals surface area contributed by atoms with Crippen LogP contribution >= 0.6 is 0 Å². The van der Waals surface area contributed by atoms with Crippen molar-refractivity contribution in [3.8, 4) is 11.3 Å². The number of carbonyl (C=O) groups is 1. The molecule has 0 amide bonds. The highest BCUT2D eigenvalue weighted by molar-refractivity contribution is 5.88. The highest BCUT2D eigenvalue weighted by Gasteiger charge is 2.16. The fourth-order valence-corrected chi connectivity index (χ4v) is 2.05. The van der Waals surface area contributed by atoms with Gasteiger partial charge in [0.2, 0.25) is 0 Å². The molecule has 2 aromatic rings. The molecule has 0 spiro atoms. The summed E-state index contributed by atoms with van der Waals surface area (Å²) in [5.41, 5.74) is -0.316. The van der Waals surface area contributed by atoms with Crippen LogP contribution in [-0.4, -0.2) is 25.8 Å². The van der Waals surface area contributed by atoms with E-state index in [-0.39, 0.29) is 16.9 Å². The van der Waals surface area contributed by atoms with Crippen LogP contribution in [0.25, 0.3) is 11.3 Å². The minimum Gasteiger partial charge on any atom is -0.477 e. The Morgan fingerprint density at radius 1 is 1.35 bits per heavy atom. The Hall–Kier alpha value is -3.03. The van der Waals surface area contributed by atoms with Gasteiger partial charge in [0.15, 0.2) is 0 Å². The minimum atomic E-state index is -1.33. The fraction of sp³-hybridized carbons (Fsp3) is 0.267. The van der Waals surface area contributed by atoms with Gasteiger partial charge >= 0.3 is 5.97 Å². The van der Waals surface area contributed by atoms with E-state index in [9.17, 15) is 24.8 Å². The summed E-state index contributed by atoms with van der Waals surface area (Å²) in [7, 11) is 0. The third-order valence-electron chi connectivity index (χ3n) is 3.30. The number of aryl methyl sites for hydroxylation is 1. The van der Waals surface area contributed by atoms with Gasteiger partial charge < -0.3 is 5.11 Å². The zero-order valence-electron chi connectivity index (χ0n) is 12.4. The number of benzene rings is 1. The fourth-order valence-electron chi connectivity index (χ4n) is 2.05. The first-order valence-corrected chi connectivity index (χ1v) is 7.04. The van der Waals surface area contributed by atoms with Crippen LogP contribution in [0.3, 0.4) is 0 Å². The molecular formula is C15H15N3O5. The summed E-state index contributed by atoms with van der Waals surface area (Å²) in [6.07, 6.45) is 1.52. The number of non-ortho nitro benzene ring substituents is 1. The van der Waals surface area contributed by atoms with Crippen molar-refractivity contribution < 1.29 is 14.8 Å². The van der Waals surface area contributed by atoms with Crippen molar-refractivity contribution in [1.82, 2.24) is 9.78 Å². The molecule has 0 saturated carbocycles. The molecule has 0 aliphatic carbocycles. The van der Waals surface area contributed by atoms with Gasteiger partial charge in [0.1, 0.15) is 5.56 Å². The van der Waals surface area contributed by atoms with Crippen molar-refractivity contribution >= 4 is 11.7 Å². The van der Waals surface area contributed by atoms with Crippen molar-refractivity contribution in [2.24, 2.45) is 0 Å². The first-order chi connectivity index (χ1) is 10.9. The number of carboxylic acid groups (broad SMARTS) is 1. The Morgan fingerprint density at radius 3 is 2.52 bits per heavy atom. The number of hydrogen-bond donors (Lipinski definition) is 1. The number of nitro groups is 1. The van der Waals surface area contributed by atoms with E-state index in [0.717, 1.165) is 11.1 Å². The summed E-state index contributed by atoms with van der Waals surface area (Å²) >= 11 is 0. The summed E-state index contributed by atoms with van der Waals surface area (Å²) in [5, 5.41) is 24.0. The molecule has 0 fully saturated rings. The molecule has 0 radical (unpaired) electrons. The normalized spacial score (nSPS) is 10.5. The zero-order chi connectivity index (χ0) is 17.0. The number of hydrogen-bond acceptors (Lipinski definition) is 5. The molecule has 2 rings (SSSR count). The van der Waals surface area contributed by atoms with E-state index >= 15 is 0 Å². The number of rotatable bonds is 6. The van der Waals surface area contributed by atoms with Gasteiger partial charge in [0.05, 0.1) is 10.6 Å². The van der Waals surface area contributed by atoms with E-state index in [4.69, 9.17) is 0 Å². The molecule has 1 aromatic carbocycles. The second-order valence-electron chi connectivity index (χ2n) is 4.93.